The fourth-order valence-electron chi connectivity index (χ4n) is 2.44. The van der Waals surface area contributed by atoms with Crippen molar-refractivity contribution < 1.29 is 4.79 Å². The van der Waals surface area contributed by atoms with Gasteiger partial charge in [0.2, 0.25) is 0 Å². The predicted molar refractivity (Wildman–Crippen MR) is 89.2 cm³/mol. The number of carbonyl (C=O) groups excluding carboxylic acids is 1. The zero-order chi connectivity index (χ0) is 16.1. The van der Waals surface area contributed by atoms with Crippen LogP contribution in [0.25, 0.3) is 0 Å². The van der Waals surface area contributed by atoms with Gasteiger partial charge in [0.05, 0.1) is 5.69 Å². The number of anilines is 1. The van der Waals surface area contributed by atoms with E-state index in [0.29, 0.717) is 12.3 Å². The first-order chi connectivity index (χ1) is 10.5. The minimum atomic E-state index is -0.187. The third-order valence-corrected chi connectivity index (χ3v) is 3.48. The zero-order valence-electron chi connectivity index (χ0n) is 13.6. The van der Waals surface area contributed by atoms with Gasteiger partial charge in [0.15, 0.2) is 0 Å². The summed E-state index contributed by atoms with van der Waals surface area (Å²) in [4.78, 5) is 12.1. The minimum absolute atomic E-state index is 0.00825. The predicted octanol–water partition coefficient (Wildman–Crippen LogP) is 3.59. The highest BCUT2D eigenvalue weighted by Crippen LogP contribution is 2.23. The van der Waals surface area contributed by atoms with Crippen molar-refractivity contribution >= 4 is 11.7 Å². The molecule has 0 bridgehead atoms. The molecule has 2 amide bonds. The number of urea groups is 1. The Morgan fingerprint density at radius 1 is 1.27 bits per heavy atom. The van der Waals surface area contributed by atoms with Gasteiger partial charge in [0.25, 0.3) is 0 Å². The third-order valence-electron chi connectivity index (χ3n) is 3.48. The van der Waals surface area contributed by atoms with E-state index in [4.69, 9.17) is 0 Å². The summed E-state index contributed by atoms with van der Waals surface area (Å²) in [5.74, 6) is 0.362. The summed E-state index contributed by atoms with van der Waals surface area (Å²) in [6.07, 6.45) is 0.698. The van der Waals surface area contributed by atoms with Crippen molar-refractivity contribution in [2.75, 3.05) is 5.32 Å². The average molecular weight is 300 g/mol. The molecule has 0 saturated carbocycles. The van der Waals surface area contributed by atoms with Crippen molar-refractivity contribution in [2.24, 2.45) is 0 Å². The zero-order valence-corrected chi connectivity index (χ0v) is 13.6. The second-order valence-corrected chi connectivity index (χ2v) is 5.99. The van der Waals surface area contributed by atoms with E-state index < -0.39 is 0 Å². The summed E-state index contributed by atoms with van der Waals surface area (Å²) in [7, 11) is 0. The maximum Gasteiger partial charge on any atom is 0.319 e. The molecule has 0 aliphatic heterocycles. The molecule has 3 N–H and O–H groups in total. The first-order valence-electron chi connectivity index (χ1n) is 7.63. The fraction of sp³-hybridized carbons (Fsp3) is 0.412. The lowest BCUT2D eigenvalue weighted by atomic mass is 10.0. The van der Waals surface area contributed by atoms with Crippen molar-refractivity contribution in [3.63, 3.8) is 0 Å². The first kappa shape index (κ1) is 16.1. The number of amides is 2. The van der Waals surface area contributed by atoms with Crippen molar-refractivity contribution in [3.05, 3.63) is 47.3 Å². The quantitative estimate of drug-likeness (QED) is 0.789. The number of aryl methyl sites for hydroxylation is 1. The molecule has 2 aromatic rings. The van der Waals surface area contributed by atoms with Gasteiger partial charge in [0.1, 0.15) is 0 Å². The van der Waals surface area contributed by atoms with Gasteiger partial charge in [0, 0.05) is 23.8 Å². The summed E-state index contributed by atoms with van der Waals surface area (Å²) < 4.78 is 0. The number of aromatic amines is 1. The molecule has 0 spiro atoms. The number of hydrogen-bond acceptors (Lipinski definition) is 2. The number of H-pyrrole nitrogens is 1. The lowest BCUT2D eigenvalue weighted by Crippen LogP contribution is -2.37. The Hall–Kier alpha value is -2.30. The van der Waals surface area contributed by atoms with Gasteiger partial charge in [-0.25, -0.2) is 4.79 Å². The second-order valence-electron chi connectivity index (χ2n) is 5.99. The van der Waals surface area contributed by atoms with E-state index in [1.807, 2.05) is 44.2 Å². The fourth-order valence-corrected chi connectivity index (χ4v) is 2.44. The summed E-state index contributed by atoms with van der Waals surface area (Å²) in [5, 5.41) is 13.0. The highest BCUT2D eigenvalue weighted by Gasteiger charge is 2.12. The van der Waals surface area contributed by atoms with E-state index in [1.54, 1.807) is 0 Å². The largest absolute Gasteiger partial charge is 0.335 e. The Kier molecular flexibility index (Phi) is 5.20. The van der Waals surface area contributed by atoms with Gasteiger partial charge in [-0.2, -0.15) is 5.10 Å². The molecule has 1 heterocycles. The number of rotatable bonds is 5. The normalized spacial score (nSPS) is 12.2. The number of aromatic nitrogens is 2. The SMILES string of the molecule is Cc1cc(C[C@H](C)NC(=O)Nc2ccccc2C(C)C)n[nH]1. The van der Waals surface area contributed by atoms with Crippen molar-refractivity contribution in [2.45, 2.75) is 46.1 Å². The molecule has 0 radical (unpaired) electrons. The monoisotopic (exact) mass is 300 g/mol. The van der Waals surface area contributed by atoms with E-state index >= 15 is 0 Å². The summed E-state index contributed by atoms with van der Waals surface area (Å²) in [5.41, 5.74) is 3.97. The molecule has 0 saturated heterocycles. The van der Waals surface area contributed by atoms with Crippen LogP contribution in [0.3, 0.4) is 0 Å². The number of nitrogens with zero attached hydrogens (tertiary/aromatic N) is 1. The molecule has 0 aliphatic carbocycles. The molecule has 1 atom stereocenters. The van der Waals surface area contributed by atoms with E-state index in [1.165, 1.54) is 0 Å². The number of para-hydroxylation sites is 1. The molecule has 0 aliphatic rings. The molecule has 5 nitrogen and oxygen atoms in total. The maximum absolute atomic E-state index is 12.1. The van der Waals surface area contributed by atoms with Crippen LogP contribution >= 0.6 is 0 Å². The molecular weight excluding hydrogens is 276 g/mol. The molecule has 5 heteroatoms. The van der Waals surface area contributed by atoms with Crippen LogP contribution < -0.4 is 10.6 Å². The number of hydrogen-bond donors (Lipinski definition) is 3. The lowest BCUT2D eigenvalue weighted by molar-refractivity contribution is 0.249. The molecular formula is C17H24N4O. The van der Waals surface area contributed by atoms with E-state index in [2.05, 4.69) is 34.7 Å². The number of carbonyl (C=O) groups is 1. The van der Waals surface area contributed by atoms with Gasteiger partial charge in [-0.1, -0.05) is 32.0 Å². The van der Waals surface area contributed by atoms with Gasteiger partial charge in [-0.05, 0) is 37.5 Å². The topological polar surface area (TPSA) is 69.8 Å². The Balaban J connectivity index is 1.92. The van der Waals surface area contributed by atoms with Crippen LogP contribution in [0, 0.1) is 6.92 Å². The molecule has 1 aromatic heterocycles. The van der Waals surface area contributed by atoms with E-state index in [-0.39, 0.29) is 12.1 Å². The van der Waals surface area contributed by atoms with Crippen LogP contribution in [0.15, 0.2) is 30.3 Å². The molecule has 1 aromatic carbocycles. The Morgan fingerprint density at radius 2 is 2.00 bits per heavy atom. The molecule has 0 unspecified atom stereocenters. The third kappa shape index (κ3) is 4.35. The number of nitrogens with one attached hydrogen (secondary N) is 3. The second kappa shape index (κ2) is 7.11. The van der Waals surface area contributed by atoms with Gasteiger partial charge < -0.3 is 10.6 Å². The van der Waals surface area contributed by atoms with E-state index in [0.717, 1.165) is 22.6 Å². The van der Waals surface area contributed by atoms with Crippen LogP contribution in [0.5, 0.6) is 0 Å². The minimum Gasteiger partial charge on any atom is -0.335 e. The number of benzene rings is 1. The highest BCUT2D eigenvalue weighted by molar-refractivity contribution is 5.90. The summed E-state index contributed by atoms with van der Waals surface area (Å²) >= 11 is 0. The molecule has 22 heavy (non-hydrogen) atoms. The smallest absolute Gasteiger partial charge is 0.319 e. The first-order valence-corrected chi connectivity index (χ1v) is 7.63. The average Bonchev–Trinajstić information content (AvgIpc) is 2.83. The Bertz CT molecular complexity index is 633. The van der Waals surface area contributed by atoms with Crippen molar-refractivity contribution in [3.8, 4) is 0 Å². The van der Waals surface area contributed by atoms with E-state index in [9.17, 15) is 4.79 Å². The maximum atomic E-state index is 12.1. The summed E-state index contributed by atoms with van der Waals surface area (Å²) in [6, 6.07) is 9.69. The molecule has 0 fully saturated rings. The highest BCUT2D eigenvalue weighted by atomic mass is 16.2. The standard InChI is InChI=1S/C17H24N4O/c1-11(2)15-7-5-6-8-16(15)19-17(22)18-12(3)9-14-10-13(4)20-21-14/h5-8,10-12H,9H2,1-4H3,(H,20,21)(H2,18,19,22)/t12-/m0/s1. The van der Waals surface area contributed by atoms with Crippen LogP contribution in [0.1, 0.15) is 43.6 Å². The van der Waals surface area contributed by atoms with Crippen molar-refractivity contribution in [1.29, 1.82) is 0 Å². The Labute approximate surface area is 131 Å². The van der Waals surface area contributed by atoms with Crippen LogP contribution in [0.2, 0.25) is 0 Å². The van der Waals surface area contributed by atoms with Gasteiger partial charge in [-0.15, -0.1) is 0 Å². The summed E-state index contributed by atoms with van der Waals surface area (Å²) in [6.45, 7) is 8.16. The van der Waals surface area contributed by atoms with Crippen molar-refractivity contribution in [1.82, 2.24) is 15.5 Å². The van der Waals surface area contributed by atoms with Crippen LogP contribution in [-0.2, 0) is 6.42 Å². The van der Waals surface area contributed by atoms with Crippen LogP contribution in [0.4, 0.5) is 10.5 Å². The molecule has 2 rings (SSSR count). The van der Waals surface area contributed by atoms with Gasteiger partial charge >= 0.3 is 6.03 Å². The Morgan fingerprint density at radius 3 is 2.64 bits per heavy atom. The molecule has 118 valence electrons. The van der Waals surface area contributed by atoms with Crippen LogP contribution in [-0.4, -0.2) is 22.3 Å². The lowest BCUT2D eigenvalue weighted by Gasteiger charge is -2.16. The van der Waals surface area contributed by atoms with Gasteiger partial charge in [-0.3, -0.25) is 5.10 Å².